The maximum atomic E-state index is 10.1. The molecule has 0 aromatic heterocycles. The molecule has 3 rings (SSSR count). The zero-order chi connectivity index (χ0) is 13.0. The highest BCUT2D eigenvalue weighted by Crippen LogP contribution is 2.61. The van der Waals surface area contributed by atoms with Crippen molar-refractivity contribution in [3.8, 4) is 0 Å². The predicted molar refractivity (Wildman–Crippen MR) is 68.8 cm³/mol. The second kappa shape index (κ2) is 4.06. The van der Waals surface area contributed by atoms with E-state index in [0.717, 1.165) is 25.7 Å². The number of aliphatic hydroxyl groups excluding tert-OH is 2. The Bertz CT molecular complexity index is 378. The Hall–Kier alpha value is -0.380. The van der Waals surface area contributed by atoms with E-state index in [9.17, 15) is 10.2 Å². The normalized spacial score (nSPS) is 51.6. The van der Waals surface area contributed by atoms with Crippen LogP contribution in [-0.4, -0.2) is 29.7 Å². The van der Waals surface area contributed by atoms with E-state index in [1.165, 1.54) is 5.57 Å². The van der Waals surface area contributed by atoms with Crippen LogP contribution in [0.25, 0.3) is 0 Å². The summed E-state index contributed by atoms with van der Waals surface area (Å²) in [5.41, 5.74) is 1.36. The molecule has 3 heteroatoms. The van der Waals surface area contributed by atoms with Gasteiger partial charge in [0, 0.05) is 12.5 Å². The van der Waals surface area contributed by atoms with Gasteiger partial charge in [-0.1, -0.05) is 26.3 Å². The fourth-order valence-electron chi connectivity index (χ4n) is 4.89. The topological polar surface area (TPSA) is 49.7 Å². The number of ether oxygens (including phenoxy) is 1. The van der Waals surface area contributed by atoms with Crippen molar-refractivity contribution in [3.63, 3.8) is 0 Å². The first-order valence-corrected chi connectivity index (χ1v) is 7.11. The Morgan fingerprint density at radius 3 is 2.89 bits per heavy atom. The van der Waals surface area contributed by atoms with E-state index >= 15 is 0 Å². The number of fused-ring (bicyclic) bond motifs is 3. The van der Waals surface area contributed by atoms with Crippen LogP contribution in [0.2, 0.25) is 0 Å². The molecule has 18 heavy (non-hydrogen) atoms. The largest absolute Gasteiger partial charge is 0.396 e. The van der Waals surface area contributed by atoms with Crippen molar-refractivity contribution >= 4 is 0 Å². The zero-order valence-electron chi connectivity index (χ0n) is 11.4. The number of hydrogen-bond donors (Lipinski definition) is 2. The van der Waals surface area contributed by atoms with Crippen molar-refractivity contribution in [1.82, 2.24) is 0 Å². The Morgan fingerprint density at radius 2 is 2.17 bits per heavy atom. The molecule has 5 atom stereocenters. The third-order valence-electron chi connectivity index (χ3n) is 5.89. The van der Waals surface area contributed by atoms with Gasteiger partial charge >= 0.3 is 0 Å². The van der Waals surface area contributed by atoms with Crippen molar-refractivity contribution in [3.05, 3.63) is 11.6 Å². The van der Waals surface area contributed by atoms with E-state index in [0.29, 0.717) is 12.5 Å². The summed E-state index contributed by atoms with van der Waals surface area (Å²) in [5.74, 6) is 0.594. The van der Waals surface area contributed by atoms with Gasteiger partial charge in [0.2, 0.25) is 0 Å². The molecule has 0 aromatic rings. The monoisotopic (exact) mass is 252 g/mol. The Kier molecular flexibility index (Phi) is 2.85. The second-order valence-electron chi connectivity index (χ2n) is 6.92. The molecule has 102 valence electrons. The predicted octanol–water partition coefficient (Wildman–Crippen LogP) is 2.09. The molecule has 2 N–H and O–H groups in total. The van der Waals surface area contributed by atoms with Gasteiger partial charge in [0.15, 0.2) is 6.29 Å². The third kappa shape index (κ3) is 1.54. The minimum atomic E-state index is -0.648. The molecular weight excluding hydrogens is 228 g/mol. The maximum Gasteiger partial charge on any atom is 0.162 e. The van der Waals surface area contributed by atoms with E-state index in [2.05, 4.69) is 19.9 Å². The van der Waals surface area contributed by atoms with Gasteiger partial charge in [0.25, 0.3) is 0 Å². The first kappa shape index (κ1) is 12.6. The summed E-state index contributed by atoms with van der Waals surface area (Å²) in [4.78, 5) is 0. The lowest BCUT2D eigenvalue weighted by atomic mass is 9.48. The number of rotatable bonds is 1. The van der Waals surface area contributed by atoms with Gasteiger partial charge in [-0.2, -0.15) is 0 Å². The lowest BCUT2D eigenvalue weighted by molar-refractivity contribution is -0.147. The van der Waals surface area contributed by atoms with E-state index in [1.54, 1.807) is 0 Å². The summed E-state index contributed by atoms with van der Waals surface area (Å²) in [6, 6.07) is 0. The van der Waals surface area contributed by atoms with Crippen molar-refractivity contribution in [2.75, 3.05) is 13.2 Å². The van der Waals surface area contributed by atoms with Crippen LogP contribution in [0.15, 0.2) is 11.6 Å². The molecule has 0 aromatic carbocycles. The minimum absolute atomic E-state index is 0.00264. The van der Waals surface area contributed by atoms with Crippen molar-refractivity contribution in [2.24, 2.45) is 22.7 Å². The average molecular weight is 252 g/mol. The SMILES string of the molecule is C[C@]1(CO)CCC[C@]2(C)[C@@H]3C(=CC[C@@H]12)CO[C@H]3O. The van der Waals surface area contributed by atoms with Gasteiger partial charge in [0.1, 0.15) is 0 Å². The van der Waals surface area contributed by atoms with Crippen molar-refractivity contribution in [1.29, 1.82) is 0 Å². The van der Waals surface area contributed by atoms with Crippen LogP contribution in [0.4, 0.5) is 0 Å². The molecule has 1 aliphatic heterocycles. The highest BCUT2D eigenvalue weighted by molar-refractivity contribution is 5.23. The summed E-state index contributed by atoms with van der Waals surface area (Å²) >= 11 is 0. The summed E-state index contributed by atoms with van der Waals surface area (Å²) in [5, 5.41) is 19.9. The average Bonchev–Trinajstić information content (AvgIpc) is 2.72. The molecule has 0 unspecified atom stereocenters. The van der Waals surface area contributed by atoms with Crippen LogP contribution in [0.3, 0.4) is 0 Å². The van der Waals surface area contributed by atoms with Crippen LogP contribution in [0.1, 0.15) is 39.5 Å². The van der Waals surface area contributed by atoms with Gasteiger partial charge < -0.3 is 14.9 Å². The summed E-state index contributed by atoms with van der Waals surface area (Å²) in [6.45, 7) is 5.33. The zero-order valence-corrected chi connectivity index (χ0v) is 11.4. The van der Waals surface area contributed by atoms with Crippen LogP contribution in [0.5, 0.6) is 0 Å². The Morgan fingerprint density at radius 1 is 1.39 bits per heavy atom. The van der Waals surface area contributed by atoms with Crippen LogP contribution in [0, 0.1) is 22.7 Å². The van der Waals surface area contributed by atoms with Gasteiger partial charge in [-0.15, -0.1) is 0 Å². The Balaban J connectivity index is 2.01. The molecule has 0 bridgehead atoms. The molecule has 1 saturated carbocycles. The fourth-order valence-corrected chi connectivity index (χ4v) is 4.89. The molecule has 3 aliphatic rings. The Labute approximate surface area is 109 Å². The molecule has 1 heterocycles. The van der Waals surface area contributed by atoms with Crippen LogP contribution < -0.4 is 0 Å². The third-order valence-corrected chi connectivity index (χ3v) is 5.89. The fraction of sp³-hybridized carbons (Fsp3) is 0.867. The van der Waals surface area contributed by atoms with Gasteiger partial charge in [-0.05, 0) is 41.6 Å². The molecule has 3 nitrogen and oxygen atoms in total. The summed E-state index contributed by atoms with van der Waals surface area (Å²) in [7, 11) is 0. The maximum absolute atomic E-state index is 10.1. The highest BCUT2D eigenvalue weighted by atomic mass is 16.6. The van der Waals surface area contributed by atoms with Crippen molar-refractivity contribution < 1.29 is 14.9 Å². The first-order chi connectivity index (χ1) is 8.51. The molecule has 0 amide bonds. The quantitative estimate of drug-likeness (QED) is 0.703. The van der Waals surface area contributed by atoms with E-state index < -0.39 is 6.29 Å². The van der Waals surface area contributed by atoms with Gasteiger partial charge in [0.05, 0.1) is 6.61 Å². The number of aliphatic hydroxyl groups is 2. The summed E-state index contributed by atoms with van der Waals surface area (Å²) in [6.07, 6.45) is 6.00. The van der Waals surface area contributed by atoms with Crippen LogP contribution >= 0.6 is 0 Å². The lowest BCUT2D eigenvalue weighted by Crippen LogP contribution is -2.52. The number of allylic oxidation sites excluding steroid dienone is 1. The van der Waals surface area contributed by atoms with Gasteiger partial charge in [-0.25, -0.2) is 0 Å². The number of hydrogen-bond acceptors (Lipinski definition) is 3. The van der Waals surface area contributed by atoms with E-state index in [1.807, 2.05) is 0 Å². The lowest BCUT2D eigenvalue weighted by Gasteiger charge is -2.56. The molecule has 2 aliphatic carbocycles. The first-order valence-electron chi connectivity index (χ1n) is 7.11. The molecule has 2 fully saturated rings. The second-order valence-corrected chi connectivity index (χ2v) is 6.92. The smallest absolute Gasteiger partial charge is 0.162 e. The van der Waals surface area contributed by atoms with E-state index in [4.69, 9.17) is 4.74 Å². The van der Waals surface area contributed by atoms with E-state index in [-0.39, 0.29) is 23.4 Å². The molecule has 0 radical (unpaired) electrons. The summed E-state index contributed by atoms with van der Waals surface area (Å²) < 4.78 is 5.44. The van der Waals surface area contributed by atoms with Gasteiger partial charge in [-0.3, -0.25) is 0 Å². The van der Waals surface area contributed by atoms with Crippen LogP contribution in [-0.2, 0) is 4.74 Å². The highest BCUT2D eigenvalue weighted by Gasteiger charge is 2.57. The molecular formula is C15H24O3. The minimum Gasteiger partial charge on any atom is -0.396 e. The molecule has 1 saturated heterocycles. The standard InChI is InChI=1S/C15H24O3/c1-14(9-16)6-3-7-15(2)11(14)5-4-10-8-18-13(17)12(10)15/h4,11-13,16-17H,3,5-9H2,1-2H3/t11-,12+,13+,14+,15-/m0/s1. The molecule has 0 spiro atoms. The van der Waals surface area contributed by atoms with Crippen molar-refractivity contribution in [2.45, 2.75) is 45.8 Å².